The zero-order chi connectivity index (χ0) is 46.2. The van der Waals surface area contributed by atoms with Gasteiger partial charge in [-0.25, -0.2) is 0 Å². The van der Waals surface area contributed by atoms with Crippen LogP contribution in [0, 0.1) is 6.92 Å². The molecular formula is C64H46GeN4. The van der Waals surface area contributed by atoms with E-state index in [1.165, 1.54) is 39.5 Å². The van der Waals surface area contributed by atoms with E-state index in [4.69, 9.17) is 15.0 Å². The second kappa shape index (κ2) is 18.0. The Morgan fingerprint density at radius 3 is 1.33 bits per heavy atom. The minimum Gasteiger partial charge on any atom is -0.0587 e. The molecule has 326 valence electrons. The summed E-state index contributed by atoms with van der Waals surface area (Å²) in [6.07, 6.45) is 0. The van der Waals surface area contributed by atoms with Gasteiger partial charge in [0.25, 0.3) is 0 Å². The largest absolute Gasteiger partial charge is 0.0587 e. The molecule has 0 atom stereocenters. The number of hydrogen-bond donors (Lipinski definition) is 0. The van der Waals surface area contributed by atoms with Crippen LogP contribution < -0.4 is 17.6 Å². The molecule has 2 heterocycles. The number of rotatable bonds is 10. The summed E-state index contributed by atoms with van der Waals surface area (Å²) in [5.41, 5.74) is 11.7. The molecule has 12 aromatic rings. The Bertz CT molecular complexity index is 3610. The summed E-state index contributed by atoms with van der Waals surface area (Å²) >= 11 is -3.60. The van der Waals surface area contributed by atoms with Crippen molar-refractivity contribution in [3.63, 3.8) is 0 Å². The normalized spacial score (nSPS) is 11.6. The van der Waals surface area contributed by atoms with Crippen molar-refractivity contribution in [1.29, 1.82) is 0 Å². The van der Waals surface area contributed by atoms with Gasteiger partial charge in [0.1, 0.15) is 0 Å². The Balaban J connectivity index is 1.13. The second-order valence-corrected chi connectivity index (χ2v) is 25.6. The van der Waals surface area contributed by atoms with Crippen LogP contribution in [-0.2, 0) is 0 Å². The van der Waals surface area contributed by atoms with Crippen LogP contribution >= 0.6 is 0 Å². The summed E-state index contributed by atoms with van der Waals surface area (Å²) in [4.78, 5) is 15.9. The maximum absolute atomic E-state index is 5.39. The maximum Gasteiger partial charge on any atom is -0.0541 e. The topological polar surface area (TPSA) is 43.6 Å². The molecule has 0 aliphatic heterocycles. The third-order valence-corrected chi connectivity index (χ3v) is 23.5. The maximum atomic E-state index is 5.39. The van der Waals surface area contributed by atoms with Gasteiger partial charge in [-0.1, -0.05) is 42.0 Å². The number of benzene rings is 10. The van der Waals surface area contributed by atoms with Gasteiger partial charge in [-0.2, -0.15) is 0 Å². The van der Waals surface area contributed by atoms with Crippen molar-refractivity contribution in [2.24, 2.45) is 0 Å². The van der Waals surface area contributed by atoms with Crippen molar-refractivity contribution in [3.8, 4) is 62.1 Å². The van der Waals surface area contributed by atoms with Crippen LogP contribution in [0.2, 0.25) is 0 Å². The summed E-state index contributed by atoms with van der Waals surface area (Å²) < 4.78 is 7.90. The Morgan fingerprint density at radius 1 is 0.304 bits per heavy atom. The number of hydrogen-bond acceptors (Lipinski definition) is 3. The van der Waals surface area contributed by atoms with Crippen LogP contribution in [0.5, 0.6) is 0 Å². The summed E-state index contributed by atoms with van der Waals surface area (Å²) in [5.74, 6) is 1.84. The predicted octanol–water partition coefficient (Wildman–Crippen LogP) is 13.0. The van der Waals surface area contributed by atoms with Crippen LogP contribution in [0.4, 0.5) is 0 Å². The number of aromatic nitrogens is 4. The molecule has 0 amide bonds. The molecule has 0 aliphatic carbocycles. The Labute approximate surface area is 405 Å². The molecule has 12 rings (SSSR count). The third kappa shape index (κ3) is 7.65. The van der Waals surface area contributed by atoms with E-state index in [0.717, 1.165) is 50.1 Å². The van der Waals surface area contributed by atoms with E-state index in [0.29, 0.717) is 17.5 Å². The molecule has 0 unspecified atom stereocenters. The molecule has 69 heavy (non-hydrogen) atoms. The molecule has 4 nitrogen and oxygen atoms in total. The van der Waals surface area contributed by atoms with E-state index in [9.17, 15) is 0 Å². The Hall–Kier alpha value is -8.45. The third-order valence-electron chi connectivity index (χ3n) is 13.5. The first kappa shape index (κ1) is 41.9. The molecule has 0 saturated carbocycles. The first-order chi connectivity index (χ1) is 34.1. The zero-order valence-corrected chi connectivity index (χ0v) is 40.2. The molecule has 10 aromatic carbocycles. The summed E-state index contributed by atoms with van der Waals surface area (Å²) in [7, 11) is 0. The fraction of sp³-hybridized carbons (Fsp3) is 0.0156. The summed E-state index contributed by atoms with van der Waals surface area (Å²) in [6.45, 7) is 2.13. The van der Waals surface area contributed by atoms with Gasteiger partial charge in [-0.05, 0) is 6.92 Å². The Kier molecular flexibility index (Phi) is 10.9. The first-order valence-electron chi connectivity index (χ1n) is 23.5. The van der Waals surface area contributed by atoms with Crippen LogP contribution in [-0.4, -0.2) is 32.8 Å². The van der Waals surface area contributed by atoms with Gasteiger partial charge < -0.3 is 0 Å². The summed E-state index contributed by atoms with van der Waals surface area (Å²) in [5, 5.41) is 2.36. The average molecular weight is 944 g/mol. The van der Waals surface area contributed by atoms with Crippen LogP contribution in [0.3, 0.4) is 0 Å². The van der Waals surface area contributed by atoms with Crippen molar-refractivity contribution in [2.75, 3.05) is 0 Å². The molecule has 5 heteroatoms. The quantitative estimate of drug-likeness (QED) is 0.128. The van der Waals surface area contributed by atoms with E-state index >= 15 is 0 Å². The number of nitrogens with zero attached hydrogens (tertiary/aromatic N) is 4. The fourth-order valence-electron chi connectivity index (χ4n) is 10.2. The monoisotopic (exact) mass is 944 g/mol. The van der Waals surface area contributed by atoms with Crippen molar-refractivity contribution >= 4 is 52.7 Å². The van der Waals surface area contributed by atoms with Gasteiger partial charge >= 0.3 is 359 Å². The van der Waals surface area contributed by atoms with Gasteiger partial charge in [0.2, 0.25) is 0 Å². The van der Waals surface area contributed by atoms with E-state index in [1.54, 1.807) is 0 Å². The molecule has 0 radical (unpaired) electrons. The molecule has 0 aliphatic rings. The van der Waals surface area contributed by atoms with Gasteiger partial charge in [-0.15, -0.1) is 0 Å². The van der Waals surface area contributed by atoms with E-state index in [1.807, 2.05) is 36.4 Å². The molecule has 0 saturated heterocycles. The number of aryl methyl sites for hydroxylation is 1. The van der Waals surface area contributed by atoms with Crippen molar-refractivity contribution in [1.82, 2.24) is 19.5 Å². The minimum atomic E-state index is -3.60. The molecule has 0 bridgehead atoms. The van der Waals surface area contributed by atoms with Crippen LogP contribution in [0.15, 0.2) is 261 Å². The van der Waals surface area contributed by atoms with E-state index in [-0.39, 0.29) is 0 Å². The number of fused-ring (bicyclic) bond motifs is 3. The Morgan fingerprint density at radius 2 is 0.739 bits per heavy atom. The smallest absolute Gasteiger partial charge is 0.0541 e. The standard InChI is InChI=1S/C64H46GeN4/c1-45-34-36-46(37-35-45)51-38-40-57-56-32-17-18-33-59(56)69(61(57)44-51)60-41-39-50(43-58(60)64-67-62(47-20-7-2-8-21-47)66-63(68-64)48-22-9-3-10-23-48)49-24-19-31-55(42-49)65(52-25-11-4-12-26-52,53-27-13-5-14-28-53)54-29-15-6-16-30-54/h2-44H,1H3. The summed E-state index contributed by atoms with van der Waals surface area (Å²) in [6, 6.07) is 94.6. The van der Waals surface area contributed by atoms with Crippen molar-refractivity contribution in [2.45, 2.75) is 6.92 Å². The van der Waals surface area contributed by atoms with Crippen molar-refractivity contribution in [3.05, 3.63) is 266 Å². The zero-order valence-electron chi connectivity index (χ0n) is 38.1. The molecule has 0 fully saturated rings. The van der Waals surface area contributed by atoms with Crippen LogP contribution in [0.25, 0.3) is 83.9 Å². The van der Waals surface area contributed by atoms with E-state index in [2.05, 4.69) is 236 Å². The molecule has 0 spiro atoms. The van der Waals surface area contributed by atoms with Gasteiger partial charge in [0.05, 0.1) is 0 Å². The van der Waals surface area contributed by atoms with Gasteiger partial charge in [0, 0.05) is 0 Å². The number of para-hydroxylation sites is 1. The van der Waals surface area contributed by atoms with E-state index < -0.39 is 13.3 Å². The van der Waals surface area contributed by atoms with Gasteiger partial charge in [0.15, 0.2) is 0 Å². The molecule has 0 N–H and O–H groups in total. The molecule has 2 aromatic heterocycles. The molecular weight excluding hydrogens is 897 g/mol. The van der Waals surface area contributed by atoms with Gasteiger partial charge in [-0.3, -0.25) is 0 Å². The average Bonchev–Trinajstić information content (AvgIpc) is 3.76. The van der Waals surface area contributed by atoms with Crippen LogP contribution in [0.1, 0.15) is 5.56 Å². The predicted molar refractivity (Wildman–Crippen MR) is 290 cm³/mol. The fourth-order valence-corrected chi connectivity index (χ4v) is 20.2. The second-order valence-electron chi connectivity index (χ2n) is 17.6. The SMILES string of the molecule is Cc1ccc(-c2ccc3c4ccccc4n(-c4ccc(-c5ccc[c]([Ge]([c]6ccccc6)([c]6ccccc6)[c]6ccccc6)c5)cc4-c4nc(-c5ccccc5)nc(-c5ccccc5)n4)c3c2)cc1. The minimum absolute atomic E-state index is 0.598. The van der Waals surface area contributed by atoms with Crippen molar-refractivity contribution < 1.29 is 0 Å². The first-order valence-corrected chi connectivity index (χ1v) is 27.7.